The molecule has 2 N–H and O–H groups in total. The SMILES string of the molecule is [N-]=[N+]=N[C@H]1C[C@H](CO)[C@H](O)[C@H](OCc2ccccc2)[C@H]1OCc1ccccc1. The van der Waals surface area contributed by atoms with Crippen molar-refractivity contribution in [2.75, 3.05) is 6.61 Å². The maximum absolute atomic E-state index is 10.8. The Labute approximate surface area is 164 Å². The molecule has 1 aliphatic carbocycles. The van der Waals surface area contributed by atoms with Gasteiger partial charge in [-0.25, -0.2) is 0 Å². The van der Waals surface area contributed by atoms with E-state index in [1.807, 2.05) is 60.7 Å². The second kappa shape index (κ2) is 10.2. The lowest BCUT2D eigenvalue weighted by Crippen LogP contribution is -2.55. The van der Waals surface area contributed by atoms with Crippen LogP contribution in [0.25, 0.3) is 10.4 Å². The summed E-state index contributed by atoms with van der Waals surface area (Å²) in [7, 11) is 0. The summed E-state index contributed by atoms with van der Waals surface area (Å²) in [5.74, 6) is -0.437. The average molecular weight is 383 g/mol. The minimum Gasteiger partial charge on any atom is -0.396 e. The Morgan fingerprint density at radius 1 is 0.929 bits per heavy atom. The van der Waals surface area contributed by atoms with Crippen molar-refractivity contribution in [3.8, 4) is 0 Å². The third-order valence-electron chi connectivity index (χ3n) is 5.07. The summed E-state index contributed by atoms with van der Waals surface area (Å²) in [6.45, 7) is 0.384. The molecule has 0 heterocycles. The zero-order chi connectivity index (χ0) is 19.8. The third kappa shape index (κ3) is 5.10. The van der Waals surface area contributed by atoms with Crippen LogP contribution in [0, 0.1) is 5.92 Å². The maximum atomic E-state index is 10.8. The van der Waals surface area contributed by atoms with E-state index in [9.17, 15) is 10.2 Å². The van der Waals surface area contributed by atoms with Crippen LogP contribution in [0.2, 0.25) is 0 Å². The second-order valence-electron chi connectivity index (χ2n) is 6.96. The number of aliphatic hydroxyl groups is 2. The van der Waals surface area contributed by atoms with Crippen LogP contribution in [0.5, 0.6) is 0 Å². The van der Waals surface area contributed by atoms with Crippen LogP contribution in [-0.2, 0) is 22.7 Å². The van der Waals surface area contributed by atoms with Crippen LogP contribution in [0.3, 0.4) is 0 Å². The first-order valence-electron chi connectivity index (χ1n) is 9.37. The fourth-order valence-corrected chi connectivity index (χ4v) is 3.56. The quantitative estimate of drug-likeness (QED) is 0.414. The molecular weight excluding hydrogens is 358 g/mol. The van der Waals surface area contributed by atoms with Crippen molar-refractivity contribution in [3.05, 3.63) is 82.2 Å². The molecule has 7 heteroatoms. The standard InChI is InChI=1S/C21H25N3O4/c22-24-23-18-11-17(12-25)19(26)21(28-14-16-9-5-2-6-10-16)20(18)27-13-15-7-3-1-4-8-15/h1-10,17-21,25-26H,11-14H2/t17-,18+,19+,20+,21+/m1/s1. The van der Waals surface area contributed by atoms with Crippen LogP contribution >= 0.6 is 0 Å². The van der Waals surface area contributed by atoms with E-state index < -0.39 is 30.3 Å². The monoisotopic (exact) mass is 383 g/mol. The molecule has 1 fully saturated rings. The summed E-state index contributed by atoms with van der Waals surface area (Å²) < 4.78 is 12.1. The van der Waals surface area contributed by atoms with Gasteiger partial charge in [-0.2, -0.15) is 0 Å². The molecule has 0 aromatic heterocycles. The van der Waals surface area contributed by atoms with Crippen LogP contribution in [-0.4, -0.2) is 41.2 Å². The summed E-state index contributed by atoms with van der Waals surface area (Å²) in [5.41, 5.74) is 10.9. The van der Waals surface area contributed by atoms with Gasteiger partial charge in [0, 0.05) is 17.4 Å². The van der Waals surface area contributed by atoms with E-state index in [1.54, 1.807) is 0 Å². The number of benzene rings is 2. The van der Waals surface area contributed by atoms with Crippen molar-refractivity contribution in [1.29, 1.82) is 0 Å². The van der Waals surface area contributed by atoms with Gasteiger partial charge in [-0.05, 0) is 23.1 Å². The molecule has 28 heavy (non-hydrogen) atoms. The molecule has 0 unspecified atom stereocenters. The minimum atomic E-state index is -0.917. The van der Waals surface area contributed by atoms with Crippen LogP contribution < -0.4 is 0 Å². The predicted molar refractivity (Wildman–Crippen MR) is 104 cm³/mol. The molecule has 0 saturated heterocycles. The molecular formula is C21H25N3O4. The van der Waals surface area contributed by atoms with Crippen molar-refractivity contribution >= 4 is 0 Å². The lowest BCUT2D eigenvalue weighted by Gasteiger charge is -2.42. The van der Waals surface area contributed by atoms with Gasteiger partial charge in [0.15, 0.2) is 0 Å². The van der Waals surface area contributed by atoms with Gasteiger partial charge in [0.25, 0.3) is 0 Å². The fourth-order valence-electron chi connectivity index (χ4n) is 3.56. The number of rotatable bonds is 8. The number of ether oxygens (including phenoxy) is 2. The molecule has 2 aromatic rings. The van der Waals surface area contributed by atoms with E-state index >= 15 is 0 Å². The number of hydrogen-bond donors (Lipinski definition) is 2. The van der Waals surface area contributed by atoms with Gasteiger partial charge >= 0.3 is 0 Å². The number of nitrogens with zero attached hydrogens (tertiary/aromatic N) is 3. The molecule has 3 rings (SSSR count). The summed E-state index contributed by atoms with van der Waals surface area (Å²) in [5, 5.41) is 24.3. The molecule has 148 valence electrons. The Morgan fingerprint density at radius 3 is 1.96 bits per heavy atom. The number of aliphatic hydroxyl groups excluding tert-OH is 2. The zero-order valence-electron chi connectivity index (χ0n) is 15.5. The van der Waals surface area contributed by atoms with E-state index in [2.05, 4.69) is 10.0 Å². The molecule has 1 aliphatic rings. The summed E-state index contributed by atoms with van der Waals surface area (Å²) in [6.07, 6.45) is -1.91. The van der Waals surface area contributed by atoms with Crippen LogP contribution in [0.1, 0.15) is 17.5 Å². The molecule has 0 amide bonds. The zero-order valence-corrected chi connectivity index (χ0v) is 15.5. The third-order valence-corrected chi connectivity index (χ3v) is 5.07. The van der Waals surface area contributed by atoms with E-state index in [4.69, 9.17) is 15.0 Å². The normalized spacial score (nSPS) is 27.1. The van der Waals surface area contributed by atoms with Gasteiger partial charge in [-0.3, -0.25) is 0 Å². The topological polar surface area (TPSA) is 108 Å². The number of hydrogen-bond acceptors (Lipinski definition) is 5. The molecule has 7 nitrogen and oxygen atoms in total. The first-order valence-corrected chi connectivity index (χ1v) is 9.37. The highest BCUT2D eigenvalue weighted by atomic mass is 16.5. The molecule has 2 aromatic carbocycles. The smallest absolute Gasteiger partial charge is 0.111 e. The van der Waals surface area contributed by atoms with E-state index in [0.29, 0.717) is 13.0 Å². The Hall–Kier alpha value is -2.41. The Morgan fingerprint density at radius 2 is 1.46 bits per heavy atom. The van der Waals surface area contributed by atoms with E-state index in [1.165, 1.54) is 0 Å². The first-order chi connectivity index (χ1) is 13.7. The highest BCUT2D eigenvalue weighted by Crippen LogP contribution is 2.32. The minimum absolute atomic E-state index is 0.213. The second-order valence-corrected chi connectivity index (χ2v) is 6.96. The Kier molecular flexibility index (Phi) is 7.42. The molecule has 0 bridgehead atoms. The lowest BCUT2D eigenvalue weighted by atomic mass is 9.80. The fraction of sp³-hybridized carbons (Fsp3) is 0.429. The van der Waals surface area contributed by atoms with Crippen LogP contribution in [0.4, 0.5) is 0 Å². The molecule has 5 atom stereocenters. The van der Waals surface area contributed by atoms with Gasteiger partial charge in [0.1, 0.15) is 6.10 Å². The highest BCUT2D eigenvalue weighted by molar-refractivity contribution is 5.15. The lowest BCUT2D eigenvalue weighted by molar-refractivity contribution is -0.177. The van der Waals surface area contributed by atoms with Crippen LogP contribution in [0.15, 0.2) is 65.8 Å². The van der Waals surface area contributed by atoms with E-state index in [-0.39, 0.29) is 13.2 Å². The van der Waals surface area contributed by atoms with E-state index in [0.717, 1.165) is 11.1 Å². The average Bonchev–Trinajstić information content (AvgIpc) is 2.74. The molecule has 0 spiro atoms. The van der Waals surface area contributed by atoms with Crippen molar-refractivity contribution in [2.45, 2.75) is 44.0 Å². The van der Waals surface area contributed by atoms with Gasteiger partial charge in [0.2, 0.25) is 0 Å². The molecule has 0 aliphatic heterocycles. The largest absolute Gasteiger partial charge is 0.396 e. The summed E-state index contributed by atoms with van der Waals surface area (Å²) >= 11 is 0. The van der Waals surface area contributed by atoms with Crippen molar-refractivity contribution in [2.24, 2.45) is 11.0 Å². The Balaban J connectivity index is 1.78. The van der Waals surface area contributed by atoms with Gasteiger partial charge in [-0.15, -0.1) is 0 Å². The molecule has 0 radical (unpaired) electrons. The van der Waals surface area contributed by atoms with Crippen molar-refractivity contribution in [1.82, 2.24) is 0 Å². The Bertz CT molecular complexity index is 768. The first kappa shape index (κ1) is 20.3. The molecule has 1 saturated carbocycles. The number of azide groups is 1. The van der Waals surface area contributed by atoms with Crippen molar-refractivity contribution < 1.29 is 19.7 Å². The van der Waals surface area contributed by atoms with Gasteiger partial charge in [0.05, 0.1) is 31.5 Å². The highest BCUT2D eigenvalue weighted by Gasteiger charge is 2.45. The maximum Gasteiger partial charge on any atom is 0.111 e. The van der Waals surface area contributed by atoms with Gasteiger partial charge < -0.3 is 19.7 Å². The predicted octanol–water partition coefficient (Wildman–Crippen LogP) is 3.21. The van der Waals surface area contributed by atoms with Gasteiger partial charge in [-0.1, -0.05) is 65.8 Å². The summed E-state index contributed by atoms with van der Waals surface area (Å²) in [6, 6.07) is 18.7. The van der Waals surface area contributed by atoms with Crippen molar-refractivity contribution in [3.63, 3.8) is 0 Å². The summed E-state index contributed by atoms with van der Waals surface area (Å²) in [4.78, 5) is 2.94.